The van der Waals surface area contributed by atoms with E-state index in [9.17, 15) is 15.0 Å². The van der Waals surface area contributed by atoms with E-state index in [1.54, 1.807) is 0 Å². The third-order valence-electron chi connectivity index (χ3n) is 8.54. The first-order chi connectivity index (χ1) is 15.7. The summed E-state index contributed by atoms with van der Waals surface area (Å²) in [6.45, 7) is 12.6. The smallest absolute Gasteiger partial charge is 0.332 e. The summed E-state index contributed by atoms with van der Waals surface area (Å²) < 4.78 is 11.5. The lowest BCUT2D eigenvalue weighted by Crippen LogP contribution is -2.39. The molecule has 1 unspecified atom stereocenters. The molecular weight excluding hydrogens is 416 g/mol. The highest BCUT2D eigenvalue weighted by Gasteiger charge is 2.51. The van der Waals surface area contributed by atoms with E-state index in [4.69, 9.17) is 9.47 Å². The van der Waals surface area contributed by atoms with Crippen LogP contribution in [0.5, 0.6) is 0 Å². The summed E-state index contributed by atoms with van der Waals surface area (Å²) in [5.41, 5.74) is 3.32. The fourth-order valence-corrected chi connectivity index (χ4v) is 6.51. The quantitative estimate of drug-likeness (QED) is 0.483. The zero-order chi connectivity index (χ0) is 24.2. The van der Waals surface area contributed by atoms with Gasteiger partial charge in [-0.05, 0) is 86.7 Å². The van der Waals surface area contributed by atoms with Gasteiger partial charge in [0.25, 0.3) is 0 Å². The van der Waals surface area contributed by atoms with Crippen molar-refractivity contribution in [2.45, 2.75) is 110 Å². The standard InChI is InChI=1S/C28H44O5/c1-6-23(7-2)33-27(31)17-32-19(4)24-12-13-25-20(9-8-14-28(24,25)5)10-11-21-15-22(29)16-26(30)18(21)3/h10-11,19,22-26,29-30H,3,6-9,12-17H2,1-2,4-5H3/b20-10+,21-11-/t19?,22-,24-,25+,26+,28-/m1/s1. The van der Waals surface area contributed by atoms with E-state index in [1.807, 2.05) is 13.8 Å². The van der Waals surface area contributed by atoms with Crippen LogP contribution >= 0.6 is 0 Å². The largest absolute Gasteiger partial charge is 0.461 e. The summed E-state index contributed by atoms with van der Waals surface area (Å²) in [5.74, 6) is 0.652. The molecule has 3 saturated carbocycles. The van der Waals surface area contributed by atoms with Crippen LogP contribution in [-0.2, 0) is 14.3 Å². The molecule has 6 atom stereocenters. The number of hydrogen-bond donors (Lipinski definition) is 2. The molecule has 2 N–H and O–H groups in total. The fraction of sp³-hybridized carbons (Fsp3) is 0.750. The number of rotatable bonds is 8. The van der Waals surface area contributed by atoms with Gasteiger partial charge < -0.3 is 19.7 Å². The van der Waals surface area contributed by atoms with Crippen molar-refractivity contribution in [3.63, 3.8) is 0 Å². The van der Waals surface area contributed by atoms with Gasteiger partial charge in [-0.1, -0.05) is 45.1 Å². The minimum atomic E-state index is -0.652. The monoisotopic (exact) mass is 460 g/mol. The van der Waals surface area contributed by atoms with Crippen molar-refractivity contribution in [2.75, 3.05) is 6.61 Å². The third-order valence-corrected chi connectivity index (χ3v) is 8.54. The van der Waals surface area contributed by atoms with Crippen LogP contribution in [0.3, 0.4) is 0 Å². The van der Waals surface area contributed by atoms with Gasteiger partial charge in [-0.25, -0.2) is 4.79 Å². The topological polar surface area (TPSA) is 76.0 Å². The van der Waals surface area contributed by atoms with Crippen molar-refractivity contribution < 1.29 is 24.5 Å². The second kappa shape index (κ2) is 11.3. The number of esters is 1. The molecule has 3 aliphatic carbocycles. The Labute approximate surface area is 199 Å². The number of carbonyl (C=O) groups excluding carboxylic acids is 1. The average Bonchev–Trinajstić information content (AvgIpc) is 3.14. The Morgan fingerprint density at radius 3 is 2.67 bits per heavy atom. The minimum Gasteiger partial charge on any atom is -0.461 e. The fourth-order valence-electron chi connectivity index (χ4n) is 6.51. The van der Waals surface area contributed by atoms with Crippen LogP contribution in [-0.4, -0.2) is 47.2 Å². The number of allylic oxidation sites excluding steroid dienone is 3. The lowest BCUT2D eigenvalue weighted by Gasteiger charge is -2.44. The van der Waals surface area contributed by atoms with E-state index in [2.05, 4.69) is 32.6 Å². The normalized spacial score (nSPS) is 35.8. The average molecular weight is 461 g/mol. The number of carbonyl (C=O) groups is 1. The van der Waals surface area contributed by atoms with E-state index in [-0.39, 0.29) is 30.2 Å². The number of fused-ring (bicyclic) bond motifs is 1. The molecule has 186 valence electrons. The van der Waals surface area contributed by atoms with Crippen molar-refractivity contribution in [3.8, 4) is 0 Å². The van der Waals surface area contributed by atoms with Gasteiger partial charge in [-0.2, -0.15) is 0 Å². The van der Waals surface area contributed by atoms with Crippen LogP contribution < -0.4 is 0 Å². The zero-order valence-electron chi connectivity index (χ0n) is 21.0. The van der Waals surface area contributed by atoms with Crippen molar-refractivity contribution in [1.29, 1.82) is 0 Å². The summed E-state index contributed by atoms with van der Waals surface area (Å²) in [4.78, 5) is 12.2. The van der Waals surface area contributed by atoms with Gasteiger partial charge in [0.15, 0.2) is 0 Å². The van der Waals surface area contributed by atoms with E-state index >= 15 is 0 Å². The first-order valence-electron chi connectivity index (χ1n) is 13.0. The number of ether oxygens (including phenoxy) is 2. The van der Waals surface area contributed by atoms with Gasteiger partial charge in [-0.15, -0.1) is 0 Å². The Balaban J connectivity index is 1.65. The molecule has 0 saturated heterocycles. The van der Waals surface area contributed by atoms with Gasteiger partial charge >= 0.3 is 5.97 Å². The summed E-state index contributed by atoms with van der Waals surface area (Å²) >= 11 is 0. The SMILES string of the molecule is C=C1/C(=C\C=C2/CCC[C@]3(C)[C@@H](C(C)OCC(=O)OC(CC)CC)CC[C@@H]23)C[C@@H](O)C[C@@H]1O. The number of hydrogen-bond acceptors (Lipinski definition) is 5. The van der Waals surface area contributed by atoms with Gasteiger partial charge in [0.05, 0.1) is 18.3 Å². The van der Waals surface area contributed by atoms with Crippen LogP contribution in [0.4, 0.5) is 0 Å². The summed E-state index contributed by atoms with van der Waals surface area (Å²) in [5, 5.41) is 20.2. The molecule has 0 aliphatic heterocycles. The maximum Gasteiger partial charge on any atom is 0.332 e. The van der Waals surface area contributed by atoms with Crippen LogP contribution in [0.15, 0.2) is 35.5 Å². The maximum atomic E-state index is 12.2. The highest BCUT2D eigenvalue weighted by molar-refractivity contribution is 5.70. The van der Waals surface area contributed by atoms with Gasteiger partial charge in [0.2, 0.25) is 0 Å². The molecule has 3 rings (SSSR count). The van der Waals surface area contributed by atoms with E-state index in [0.29, 0.717) is 24.7 Å². The van der Waals surface area contributed by atoms with E-state index in [1.165, 1.54) is 12.0 Å². The molecule has 0 radical (unpaired) electrons. The second-order valence-electron chi connectivity index (χ2n) is 10.6. The van der Waals surface area contributed by atoms with Crippen LogP contribution in [0.1, 0.15) is 85.5 Å². The number of aliphatic hydroxyl groups is 2. The molecule has 0 spiro atoms. The Morgan fingerprint density at radius 1 is 1.24 bits per heavy atom. The maximum absolute atomic E-state index is 12.2. The predicted octanol–water partition coefficient (Wildman–Crippen LogP) is 5.26. The van der Waals surface area contributed by atoms with Crippen LogP contribution in [0.2, 0.25) is 0 Å². The van der Waals surface area contributed by atoms with E-state index < -0.39 is 12.2 Å². The Hall–Kier alpha value is -1.43. The zero-order valence-corrected chi connectivity index (χ0v) is 21.0. The molecule has 5 nitrogen and oxygen atoms in total. The first-order valence-corrected chi connectivity index (χ1v) is 13.0. The summed E-state index contributed by atoms with van der Waals surface area (Å²) in [6, 6.07) is 0. The molecule has 3 aliphatic rings. The van der Waals surface area contributed by atoms with Gasteiger partial charge in [-0.3, -0.25) is 0 Å². The molecule has 5 heteroatoms. The lowest BCUT2D eigenvalue weighted by molar-refractivity contribution is -0.158. The van der Waals surface area contributed by atoms with Gasteiger partial charge in [0, 0.05) is 6.42 Å². The Morgan fingerprint density at radius 2 is 1.97 bits per heavy atom. The molecule has 0 amide bonds. The van der Waals surface area contributed by atoms with Gasteiger partial charge in [0.1, 0.15) is 12.7 Å². The highest BCUT2D eigenvalue weighted by atomic mass is 16.6. The summed E-state index contributed by atoms with van der Waals surface area (Å²) in [7, 11) is 0. The first kappa shape index (κ1) is 26.2. The van der Waals surface area contributed by atoms with Crippen LogP contribution in [0.25, 0.3) is 0 Å². The summed E-state index contributed by atoms with van der Waals surface area (Å²) in [6.07, 6.45) is 11.4. The Bertz CT molecular complexity index is 764. The molecule has 0 aromatic rings. The number of aliphatic hydroxyl groups excluding tert-OH is 2. The molecule has 0 heterocycles. The molecule has 0 aromatic carbocycles. The van der Waals surface area contributed by atoms with Crippen LogP contribution in [0, 0.1) is 17.3 Å². The molecule has 33 heavy (non-hydrogen) atoms. The van der Waals surface area contributed by atoms with Crippen molar-refractivity contribution >= 4 is 5.97 Å². The predicted molar refractivity (Wildman–Crippen MR) is 131 cm³/mol. The molecule has 0 aromatic heterocycles. The minimum absolute atomic E-state index is 0.00961. The Kier molecular flexibility index (Phi) is 8.99. The van der Waals surface area contributed by atoms with Crippen molar-refractivity contribution in [3.05, 3.63) is 35.5 Å². The van der Waals surface area contributed by atoms with E-state index in [0.717, 1.165) is 49.7 Å². The van der Waals surface area contributed by atoms with Crippen molar-refractivity contribution in [2.24, 2.45) is 17.3 Å². The molecular formula is C28H44O5. The molecule has 0 bridgehead atoms. The second-order valence-corrected chi connectivity index (χ2v) is 10.6. The lowest BCUT2D eigenvalue weighted by atomic mass is 9.62. The highest BCUT2D eigenvalue weighted by Crippen LogP contribution is 2.58. The van der Waals surface area contributed by atoms with Crippen molar-refractivity contribution in [1.82, 2.24) is 0 Å². The molecule has 3 fully saturated rings. The third kappa shape index (κ3) is 5.98.